The van der Waals surface area contributed by atoms with Crippen molar-refractivity contribution >= 4 is 28.1 Å². The fourth-order valence-electron chi connectivity index (χ4n) is 1.87. The Kier molecular flexibility index (Phi) is 4.08. The van der Waals surface area contributed by atoms with E-state index in [9.17, 15) is 18.0 Å². The number of hydrogen-bond acceptors (Lipinski definition) is 1. The van der Waals surface area contributed by atoms with Gasteiger partial charge in [0.15, 0.2) is 0 Å². The van der Waals surface area contributed by atoms with E-state index in [-0.39, 0.29) is 5.92 Å². The monoisotopic (exact) mass is 349 g/mol. The van der Waals surface area contributed by atoms with Gasteiger partial charge in [0.1, 0.15) is 0 Å². The first kappa shape index (κ1) is 14.9. The molecule has 0 bridgehead atoms. The summed E-state index contributed by atoms with van der Waals surface area (Å²) in [5.74, 6) is 0.111. The van der Waals surface area contributed by atoms with E-state index in [0.717, 1.165) is 12.1 Å². The number of benzene rings is 1. The molecule has 0 atom stereocenters. The minimum atomic E-state index is -4.36. The van der Waals surface area contributed by atoms with Crippen molar-refractivity contribution in [1.29, 1.82) is 0 Å². The third-order valence-corrected chi connectivity index (χ3v) is 3.74. The standard InChI is InChI=1S/C13H11BrF3NO2/c14-11-5-10(13(15,16)17)4-3-9(11)2-1-8-6-18(7-8)12(19)20/h1-5,8H,6-7H2,(H,19,20)/b2-1+. The van der Waals surface area contributed by atoms with Crippen molar-refractivity contribution in [3.05, 3.63) is 39.9 Å². The van der Waals surface area contributed by atoms with Crippen molar-refractivity contribution in [2.75, 3.05) is 13.1 Å². The first-order valence-corrected chi connectivity index (χ1v) is 6.59. The molecule has 3 nitrogen and oxygen atoms in total. The van der Waals surface area contributed by atoms with Gasteiger partial charge in [-0.1, -0.05) is 34.1 Å². The van der Waals surface area contributed by atoms with Gasteiger partial charge in [-0.2, -0.15) is 13.2 Å². The lowest BCUT2D eigenvalue weighted by Crippen LogP contribution is -2.48. The summed E-state index contributed by atoms with van der Waals surface area (Å²) in [4.78, 5) is 11.8. The van der Waals surface area contributed by atoms with Gasteiger partial charge in [-0.25, -0.2) is 4.79 Å². The molecule has 108 valence electrons. The Bertz CT molecular complexity index is 551. The third-order valence-electron chi connectivity index (χ3n) is 3.06. The minimum Gasteiger partial charge on any atom is -0.465 e. The van der Waals surface area contributed by atoms with Crippen LogP contribution in [0.5, 0.6) is 0 Å². The van der Waals surface area contributed by atoms with Gasteiger partial charge in [0.25, 0.3) is 0 Å². The summed E-state index contributed by atoms with van der Waals surface area (Å²) in [6.07, 6.45) is -1.80. The molecule has 2 rings (SSSR count). The van der Waals surface area contributed by atoms with Gasteiger partial charge in [-0.15, -0.1) is 0 Å². The second-order valence-corrected chi connectivity index (χ2v) is 5.40. The molecular formula is C13H11BrF3NO2. The Balaban J connectivity index is 2.02. The van der Waals surface area contributed by atoms with Crippen molar-refractivity contribution < 1.29 is 23.1 Å². The normalized spacial score (nSPS) is 16.5. The summed E-state index contributed by atoms with van der Waals surface area (Å²) in [5.41, 5.74) is -0.0750. The fraction of sp³-hybridized carbons (Fsp3) is 0.308. The maximum Gasteiger partial charge on any atom is 0.416 e. The highest BCUT2D eigenvalue weighted by atomic mass is 79.9. The zero-order valence-corrected chi connectivity index (χ0v) is 11.8. The molecule has 1 N–H and O–H groups in total. The van der Waals surface area contributed by atoms with E-state index >= 15 is 0 Å². The highest BCUT2D eigenvalue weighted by Gasteiger charge is 2.31. The first-order valence-electron chi connectivity index (χ1n) is 5.80. The smallest absolute Gasteiger partial charge is 0.416 e. The van der Waals surface area contributed by atoms with Crippen LogP contribution < -0.4 is 0 Å². The Hall–Kier alpha value is -1.50. The van der Waals surface area contributed by atoms with Crippen LogP contribution in [0.25, 0.3) is 6.08 Å². The molecule has 0 aromatic heterocycles. The molecule has 1 aromatic rings. The molecule has 1 aliphatic heterocycles. The predicted molar refractivity (Wildman–Crippen MR) is 71.3 cm³/mol. The zero-order chi connectivity index (χ0) is 14.9. The number of hydrogen-bond donors (Lipinski definition) is 1. The summed E-state index contributed by atoms with van der Waals surface area (Å²) >= 11 is 3.11. The van der Waals surface area contributed by atoms with Crippen LogP contribution in [0, 0.1) is 5.92 Å². The van der Waals surface area contributed by atoms with Crippen molar-refractivity contribution in [1.82, 2.24) is 4.90 Å². The maximum absolute atomic E-state index is 12.5. The number of carboxylic acid groups (broad SMARTS) is 1. The van der Waals surface area contributed by atoms with Gasteiger partial charge in [-0.05, 0) is 17.7 Å². The average Bonchev–Trinajstić information content (AvgIpc) is 2.26. The average molecular weight is 350 g/mol. The van der Waals surface area contributed by atoms with Crippen LogP contribution in [0.4, 0.5) is 18.0 Å². The van der Waals surface area contributed by atoms with Crippen LogP contribution in [-0.2, 0) is 6.18 Å². The molecule has 0 aliphatic carbocycles. The Labute approximate surface area is 121 Å². The van der Waals surface area contributed by atoms with Gasteiger partial charge in [0, 0.05) is 23.5 Å². The van der Waals surface area contributed by atoms with Crippen molar-refractivity contribution in [2.45, 2.75) is 6.18 Å². The molecular weight excluding hydrogens is 339 g/mol. The molecule has 7 heteroatoms. The quantitative estimate of drug-likeness (QED) is 0.873. The Morgan fingerprint density at radius 3 is 2.55 bits per heavy atom. The maximum atomic E-state index is 12.5. The van der Waals surface area contributed by atoms with E-state index in [1.54, 1.807) is 6.08 Å². The van der Waals surface area contributed by atoms with Crippen LogP contribution in [0.1, 0.15) is 11.1 Å². The van der Waals surface area contributed by atoms with Gasteiger partial charge >= 0.3 is 12.3 Å². The minimum absolute atomic E-state index is 0.111. The van der Waals surface area contributed by atoms with Crippen LogP contribution >= 0.6 is 15.9 Å². The molecule has 1 aromatic carbocycles. The predicted octanol–water partition coefficient (Wildman–Crippen LogP) is 4.09. The van der Waals surface area contributed by atoms with Gasteiger partial charge in [0.2, 0.25) is 0 Å². The lowest BCUT2D eigenvalue weighted by atomic mass is 9.99. The largest absolute Gasteiger partial charge is 0.465 e. The molecule has 0 unspecified atom stereocenters. The summed E-state index contributed by atoms with van der Waals surface area (Å²) in [6, 6.07) is 3.44. The van der Waals surface area contributed by atoms with Crippen LogP contribution in [0.15, 0.2) is 28.7 Å². The van der Waals surface area contributed by atoms with Crippen molar-refractivity contribution in [3.8, 4) is 0 Å². The fourth-order valence-corrected chi connectivity index (χ4v) is 2.38. The Morgan fingerprint density at radius 2 is 2.05 bits per heavy atom. The van der Waals surface area contributed by atoms with Gasteiger partial charge in [-0.3, -0.25) is 0 Å². The van der Waals surface area contributed by atoms with E-state index in [0.29, 0.717) is 23.1 Å². The summed E-state index contributed by atoms with van der Waals surface area (Å²) < 4.78 is 37.8. The van der Waals surface area contributed by atoms with Crippen molar-refractivity contribution in [2.24, 2.45) is 5.92 Å². The van der Waals surface area contributed by atoms with E-state index in [4.69, 9.17) is 5.11 Å². The molecule has 1 aliphatic rings. The van der Waals surface area contributed by atoms with Crippen LogP contribution in [0.2, 0.25) is 0 Å². The second kappa shape index (κ2) is 5.47. The Morgan fingerprint density at radius 1 is 1.40 bits per heavy atom. The molecule has 1 amide bonds. The van der Waals surface area contributed by atoms with E-state index in [1.165, 1.54) is 11.0 Å². The number of amides is 1. The van der Waals surface area contributed by atoms with E-state index in [1.807, 2.05) is 6.08 Å². The molecule has 0 spiro atoms. The molecule has 20 heavy (non-hydrogen) atoms. The summed E-state index contributed by atoms with van der Waals surface area (Å²) in [7, 11) is 0. The van der Waals surface area contributed by atoms with E-state index < -0.39 is 17.8 Å². The number of alkyl halides is 3. The number of nitrogens with zero attached hydrogens (tertiary/aromatic N) is 1. The van der Waals surface area contributed by atoms with E-state index in [2.05, 4.69) is 15.9 Å². The summed E-state index contributed by atoms with van der Waals surface area (Å²) in [6.45, 7) is 0.841. The first-order chi connectivity index (χ1) is 9.27. The highest BCUT2D eigenvalue weighted by molar-refractivity contribution is 9.10. The van der Waals surface area contributed by atoms with Crippen LogP contribution in [-0.4, -0.2) is 29.2 Å². The highest BCUT2D eigenvalue weighted by Crippen LogP contribution is 2.32. The lowest BCUT2D eigenvalue weighted by molar-refractivity contribution is -0.137. The second-order valence-electron chi connectivity index (χ2n) is 4.54. The van der Waals surface area contributed by atoms with Gasteiger partial charge < -0.3 is 10.0 Å². The lowest BCUT2D eigenvalue weighted by Gasteiger charge is -2.35. The number of likely N-dealkylation sites (tertiary alicyclic amines) is 1. The van der Waals surface area contributed by atoms with Crippen molar-refractivity contribution in [3.63, 3.8) is 0 Å². The number of rotatable bonds is 2. The van der Waals surface area contributed by atoms with Gasteiger partial charge in [0.05, 0.1) is 5.56 Å². The SMILES string of the molecule is O=C(O)N1CC(/C=C/c2ccc(C(F)(F)F)cc2Br)C1. The topological polar surface area (TPSA) is 40.5 Å². The number of carbonyl (C=O) groups is 1. The molecule has 1 fully saturated rings. The molecule has 1 saturated heterocycles. The molecule has 0 radical (unpaired) electrons. The number of halogens is 4. The zero-order valence-electron chi connectivity index (χ0n) is 10.2. The third kappa shape index (κ3) is 3.33. The molecule has 0 saturated carbocycles. The summed E-state index contributed by atoms with van der Waals surface area (Å²) in [5, 5.41) is 8.67. The molecule has 1 heterocycles. The van der Waals surface area contributed by atoms with Crippen LogP contribution in [0.3, 0.4) is 0 Å².